The number of carbonyl (C=O) groups is 4. The highest BCUT2D eigenvalue weighted by molar-refractivity contribution is 7.22. The predicted octanol–water partition coefficient (Wildman–Crippen LogP) is 10.3. The summed E-state index contributed by atoms with van der Waals surface area (Å²) in [5.41, 5.74) is 8.51. The minimum atomic E-state index is -1.10. The monoisotopic (exact) mass is 1030 g/mol. The first-order valence-corrected chi connectivity index (χ1v) is 27.5. The molecule has 7 aromatic rings. The normalized spacial score (nSPS) is 21.3. The number of unbranched alkanes of at least 4 members (excludes halogenated alkanes) is 1. The summed E-state index contributed by atoms with van der Waals surface area (Å²) in [6, 6.07) is 30.5. The van der Waals surface area contributed by atoms with Gasteiger partial charge in [0.1, 0.15) is 11.6 Å². The van der Waals surface area contributed by atoms with Gasteiger partial charge in [-0.3, -0.25) is 34.6 Å². The number of carboxylic acids is 1. The van der Waals surface area contributed by atoms with E-state index in [9.17, 15) is 24.3 Å². The number of amides is 3. The number of thiazole rings is 1. The zero-order chi connectivity index (χ0) is 51.9. The van der Waals surface area contributed by atoms with Crippen molar-refractivity contribution >= 4 is 72.8 Å². The number of carbonyl (C=O) groups excluding carboxylic acids is 3. The number of pyridine rings is 1. The van der Waals surface area contributed by atoms with Gasteiger partial charge in [-0.1, -0.05) is 60.6 Å². The maximum absolute atomic E-state index is 13.7. The number of hydrogen-bond acceptors (Lipinski definition) is 12. The maximum Gasteiger partial charge on any atom is 0.355 e. The highest BCUT2D eigenvalue weighted by atomic mass is 32.1. The Hall–Kier alpha value is -7.17. The largest absolute Gasteiger partial charge is 0.490 e. The summed E-state index contributed by atoms with van der Waals surface area (Å²) < 4.78 is 9.58. The van der Waals surface area contributed by atoms with Gasteiger partial charge < -0.3 is 19.6 Å². The number of anilines is 3. The van der Waals surface area contributed by atoms with Crippen molar-refractivity contribution in [3.63, 3.8) is 0 Å². The Labute approximate surface area is 441 Å². The van der Waals surface area contributed by atoms with Crippen molar-refractivity contribution in [2.45, 2.75) is 116 Å². The Balaban J connectivity index is 0.661. The van der Waals surface area contributed by atoms with Crippen molar-refractivity contribution in [1.29, 1.82) is 0 Å². The van der Waals surface area contributed by atoms with E-state index in [1.165, 1.54) is 36.3 Å². The molecule has 3 aromatic heterocycles. The van der Waals surface area contributed by atoms with Crippen LogP contribution in [0.15, 0.2) is 91.0 Å². The molecule has 11 rings (SSSR count). The summed E-state index contributed by atoms with van der Waals surface area (Å²) in [6.45, 7) is 10.7. The number of nitrogens with one attached hydrogen (secondary N) is 2. The second-order valence-electron chi connectivity index (χ2n) is 21.2. The molecule has 16 heteroatoms. The van der Waals surface area contributed by atoms with Gasteiger partial charge in [-0.2, -0.15) is 5.10 Å². The zero-order valence-electron chi connectivity index (χ0n) is 43.2. The maximum atomic E-state index is 13.7. The standard InChI is InChI=1S/C59H65N9O6S/c1-35-32-67(40-20-23-45-49(31-40)65(4)64-54(45)46-25-27-53(69)62-57(46)71)33-36(2)68(35)29-8-7-11-38-18-21-41(22-19-38)74-50-16-10-13-42(37(50)3)43-24-26-52(61-55(43)58(72)73)66-30-28-39-12-9-14-44(47(39)34-66)56(70)63-59-60-48-15-5-6-17-51(48)75-59/h5-6,9-10,12-17,20,23-24,26,31,35-36,38,41,46H,7-8,11,18-19,21-22,25,27-30,32-34H2,1-4H3,(H,72,73)(H,60,63,70)(H,62,69,71)/t35-,36-,38-,41-,46?/m0/s1. The molecule has 75 heavy (non-hydrogen) atoms. The Kier molecular flexibility index (Phi) is 14.1. The topological polar surface area (TPSA) is 175 Å². The fraction of sp³-hybridized carbons (Fsp3) is 0.407. The van der Waals surface area contributed by atoms with Crippen LogP contribution < -0.4 is 25.2 Å². The van der Waals surface area contributed by atoms with Crippen LogP contribution in [0.5, 0.6) is 5.75 Å². The summed E-state index contributed by atoms with van der Waals surface area (Å²) in [5, 5.41) is 22.3. The van der Waals surface area contributed by atoms with Gasteiger partial charge in [0, 0.05) is 73.9 Å². The number of carboxylic acid groups (broad SMARTS) is 1. The molecule has 0 spiro atoms. The molecule has 3 fully saturated rings. The van der Waals surface area contributed by atoms with Crippen LogP contribution in [-0.4, -0.2) is 97.8 Å². The first-order valence-electron chi connectivity index (χ1n) is 26.7. The fourth-order valence-corrected chi connectivity index (χ4v) is 13.1. The van der Waals surface area contributed by atoms with Gasteiger partial charge in [0.05, 0.1) is 33.4 Å². The number of benzene rings is 4. The van der Waals surface area contributed by atoms with Crippen LogP contribution in [0.4, 0.5) is 16.6 Å². The van der Waals surface area contributed by atoms with Gasteiger partial charge in [-0.15, -0.1) is 0 Å². The number of piperazine rings is 1. The third-order valence-corrected chi connectivity index (χ3v) is 17.2. The van der Waals surface area contributed by atoms with Crippen LogP contribution in [0.25, 0.3) is 32.2 Å². The number of aryl methyl sites for hydroxylation is 1. The Morgan fingerprint density at radius 3 is 2.44 bits per heavy atom. The van der Waals surface area contributed by atoms with Crippen molar-refractivity contribution in [3.8, 4) is 16.9 Å². The number of fused-ring (bicyclic) bond motifs is 3. The van der Waals surface area contributed by atoms with Crippen molar-refractivity contribution < 1.29 is 29.0 Å². The lowest BCUT2D eigenvalue weighted by molar-refractivity contribution is -0.134. The van der Waals surface area contributed by atoms with Crippen molar-refractivity contribution in [3.05, 3.63) is 125 Å². The highest BCUT2D eigenvalue weighted by Gasteiger charge is 2.34. The number of aromatic nitrogens is 4. The van der Waals surface area contributed by atoms with Gasteiger partial charge in [0.25, 0.3) is 5.91 Å². The van der Waals surface area contributed by atoms with Gasteiger partial charge in [-0.25, -0.2) is 14.8 Å². The number of piperidine rings is 1. The van der Waals surface area contributed by atoms with Gasteiger partial charge >= 0.3 is 5.97 Å². The molecule has 388 valence electrons. The van der Waals surface area contributed by atoms with Crippen LogP contribution in [-0.2, 0) is 29.6 Å². The molecule has 0 bridgehead atoms. The minimum Gasteiger partial charge on any atom is -0.490 e. The average Bonchev–Trinajstić information content (AvgIpc) is 3.98. The zero-order valence-corrected chi connectivity index (χ0v) is 44.0. The van der Waals surface area contributed by atoms with E-state index in [2.05, 4.69) is 68.4 Å². The number of nitrogens with zero attached hydrogens (tertiary/aromatic N) is 7. The Bertz CT molecular complexity index is 3280. The number of ether oxygens (including phenoxy) is 1. The quantitative estimate of drug-likeness (QED) is 0.0696. The first kappa shape index (κ1) is 50.0. The Morgan fingerprint density at radius 1 is 0.853 bits per heavy atom. The smallest absolute Gasteiger partial charge is 0.355 e. The van der Waals surface area contributed by atoms with E-state index in [-0.39, 0.29) is 29.5 Å². The third kappa shape index (κ3) is 10.3. The summed E-state index contributed by atoms with van der Waals surface area (Å²) in [7, 11) is 1.93. The van der Waals surface area contributed by atoms with E-state index in [1.807, 2.05) is 85.4 Å². The molecule has 1 saturated carbocycles. The van der Waals surface area contributed by atoms with E-state index in [0.717, 1.165) is 100 Å². The lowest BCUT2D eigenvalue weighted by Gasteiger charge is -2.45. The van der Waals surface area contributed by atoms with Gasteiger partial charge in [-0.05, 0) is 155 Å². The van der Waals surface area contributed by atoms with Crippen LogP contribution >= 0.6 is 11.3 Å². The number of para-hydroxylation sites is 1. The van der Waals surface area contributed by atoms with Crippen molar-refractivity contribution in [1.82, 2.24) is 30.0 Å². The number of imide groups is 1. The second kappa shape index (κ2) is 21.2. The van der Waals surface area contributed by atoms with Crippen LogP contribution in [0.2, 0.25) is 0 Å². The summed E-state index contributed by atoms with van der Waals surface area (Å²) in [6.07, 6.45) is 9.47. The lowest BCUT2D eigenvalue weighted by atomic mass is 9.84. The molecule has 4 aromatic carbocycles. The minimum absolute atomic E-state index is 0.0179. The van der Waals surface area contributed by atoms with Gasteiger partial charge in [0.2, 0.25) is 11.8 Å². The van der Waals surface area contributed by atoms with Crippen LogP contribution in [0.3, 0.4) is 0 Å². The SMILES string of the molecule is Cc1c(O[C@H]2CC[C@H](CCCCN3[C@@H](C)CN(c4ccc5c(C6CCC(=O)NC6=O)nn(C)c5c4)C[C@@H]3C)CC2)cccc1-c1ccc(N2CCc3cccc(C(=O)Nc4nc5ccccc5s4)c3C2)nc1C(=O)O. The average molecular weight is 1030 g/mol. The summed E-state index contributed by atoms with van der Waals surface area (Å²) >= 11 is 1.44. The highest BCUT2D eigenvalue weighted by Crippen LogP contribution is 2.38. The molecule has 3 N–H and O–H groups in total. The molecule has 4 aliphatic rings. The number of aromatic carboxylic acids is 1. The molecular formula is C59H65N9O6S. The first-order chi connectivity index (χ1) is 36.3. The van der Waals surface area contributed by atoms with Crippen LogP contribution in [0.1, 0.15) is 121 Å². The third-order valence-electron chi connectivity index (χ3n) is 16.3. The lowest BCUT2D eigenvalue weighted by Crippen LogP contribution is -2.57. The molecule has 6 heterocycles. The molecule has 3 amide bonds. The van der Waals surface area contributed by atoms with Crippen LogP contribution in [0, 0.1) is 12.8 Å². The molecular weight excluding hydrogens is 963 g/mol. The molecule has 0 radical (unpaired) electrons. The van der Waals surface area contributed by atoms with Crippen molar-refractivity contribution in [2.75, 3.05) is 41.3 Å². The van der Waals surface area contributed by atoms with E-state index in [1.54, 1.807) is 0 Å². The van der Waals surface area contributed by atoms with Gasteiger partial charge in [0.15, 0.2) is 10.8 Å². The van der Waals surface area contributed by atoms with E-state index in [0.29, 0.717) is 72.4 Å². The molecule has 3 atom stereocenters. The predicted molar refractivity (Wildman–Crippen MR) is 294 cm³/mol. The van der Waals surface area contributed by atoms with E-state index >= 15 is 0 Å². The number of hydrogen-bond donors (Lipinski definition) is 3. The molecule has 3 aliphatic heterocycles. The summed E-state index contributed by atoms with van der Waals surface area (Å²) in [5.74, 6) is -0.203. The summed E-state index contributed by atoms with van der Waals surface area (Å²) in [4.78, 5) is 67.6. The van der Waals surface area contributed by atoms with E-state index < -0.39 is 11.9 Å². The fourth-order valence-electron chi connectivity index (χ4n) is 12.3. The van der Waals surface area contributed by atoms with Crippen molar-refractivity contribution in [2.24, 2.45) is 13.0 Å². The molecule has 1 unspecified atom stereocenters. The molecule has 15 nitrogen and oxygen atoms in total. The molecule has 2 saturated heterocycles. The Morgan fingerprint density at radius 2 is 1.65 bits per heavy atom. The number of rotatable bonds is 14. The molecule has 1 aliphatic carbocycles. The van der Waals surface area contributed by atoms with E-state index in [4.69, 9.17) is 14.8 Å². The second-order valence-corrected chi connectivity index (χ2v) is 22.2.